The van der Waals surface area contributed by atoms with Gasteiger partial charge in [-0.15, -0.1) is 0 Å². The second kappa shape index (κ2) is 8.29. The van der Waals surface area contributed by atoms with Gasteiger partial charge in [0.25, 0.3) is 0 Å². The number of sulfonamides is 1. The summed E-state index contributed by atoms with van der Waals surface area (Å²) in [5.41, 5.74) is 3.18. The molecule has 2 aromatic rings. The predicted octanol–water partition coefficient (Wildman–Crippen LogP) is 3.28. The first-order valence-corrected chi connectivity index (χ1v) is 10.1. The molecular weight excluding hydrogens is 386 g/mol. The lowest BCUT2D eigenvalue weighted by Crippen LogP contribution is -2.35. The fourth-order valence-corrected chi connectivity index (χ4v) is 3.91. The summed E-state index contributed by atoms with van der Waals surface area (Å²) in [6.45, 7) is 3.45. The number of nitrogens with one attached hydrogen (secondary N) is 1. The molecular formula is C19H24ClN3O3S. The first-order chi connectivity index (χ1) is 12.5. The number of halogens is 1. The Morgan fingerprint density at radius 2 is 1.70 bits per heavy atom. The lowest BCUT2D eigenvalue weighted by molar-refractivity contribution is -0.116. The molecule has 0 fully saturated rings. The number of anilines is 2. The van der Waals surface area contributed by atoms with E-state index in [-0.39, 0.29) is 11.4 Å². The summed E-state index contributed by atoms with van der Waals surface area (Å²) in [6, 6.07) is 10.1. The van der Waals surface area contributed by atoms with Crippen molar-refractivity contribution in [1.82, 2.24) is 4.31 Å². The molecule has 146 valence electrons. The predicted molar refractivity (Wildman–Crippen MR) is 110 cm³/mol. The van der Waals surface area contributed by atoms with Crippen LogP contribution in [0.5, 0.6) is 0 Å². The first kappa shape index (κ1) is 21.2. The van der Waals surface area contributed by atoms with Gasteiger partial charge in [0.15, 0.2) is 0 Å². The summed E-state index contributed by atoms with van der Waals surface area (Å²) in [7, 11) is 1.30. The van der Waals surface area contributed by atoms with Crippen LogP contribution in [0.4, 0.5) is 11.4 Å². The zero-order valence-corrected chi connectivity index (χ0v) is 17.6. The average molecular weight is 410 g/mol. The Morgan fingerprint density at radius 1 is 1.04 bits per heavy atom. The number of hydrogen-bond donors (Lipinski definition) is 1. The molecule has 0 unspecified atom stereocenters. The highest BCUT2D eigenvalue weighted by Gasteiger charge is 2.23. The summed E-state index contributed by atoms with van der Waals surface area (Å²) >= 11 is 6.01. The maximum Gasteiger partial charge on any atom is 0.243 e. The third-order valence-corrected chi connectivity index (χ3v) is 6.30. The molecule has 0 saturated heterocycles. The van der Waals surface area contributed by atoms with E-state index in [1.54, 1.807) is 36.4 Å². The standard InChI is InChI=1S/C19H24ClN3O3S/c1-13-6-8-16(10-14(13)2)27(25,26)23(5)12-19(24)21-17-11-15(20)7-9-18(17)22(3)4/h6-11H,12H2,1-5H3,(H,21,24). The largest absolute Gasteiger partial charge is 0.376 e. The molecule has 2 aromatic carbocycles. The summed E-state index contributed by atoms with van der Waals surface area (Å²) in [5, 5.41) is 3.22. The Hall–Kier alpha value is -2.09. The van der Waals surface area contributed by atoms with Gasteiger partial charge in [0.05, 0.1) is 22.8 Å². The smallest absolute Gasteiger partial charge is 0.243 e. The van der Waals surface area contributed by atoms with Crippen molar-refractivity contribution in [2.24, 2.45) is 0 Å². The van der Waals surface area contributed by atoms with Crippen LogP contribution in [0.25, 0.3) is 0 Å². The van der Waals surface area contributed by atoms with Crippen LogP contribution >= 0.6 is 11.6 Å². The number of likely N-dealkylation sites (N-methyl/N-ethyl adjacent to an activating group) is 1. The minimum Gasteiger partial charge on any atom is -0.376 e. The van der Waals surface area contributed by atoms with Gasteiger partial charge in [0, 0.05) is 26.2 Å². The van der Waals surface area contributed by atoms with Crippen LogP contribution in [0.3, 0.4) is 0 Å². The fraction of sp³-hybridized carbons (Fsp3) is 0.316. The van der Waals surface area contributed by atoms with E-state index < -0.39 is 15.9 Å². The van der Waals surface area contributed by atoms with Crippen molar-refractivity contribution in [3.63, 3.8) is 0 Å². The Morgan fingerprint density at radius 3 is 2.30 bits per heavy atom. The van der Waals surface area contributed by atoms with Gasteiger partial charge in [-0.1, -0.05) is 17.7 Å². The molecule has 27 heavy (non-hydrogen) atoms. The van der Waals surface area contributed by atoms with Crippen LogP contribution in [0.1, 0.15) is 11.1 Å². The normalized spacial score (nSPS) is 11.5. The minimum absolute atomic E-state index is 0.164. The lowest BCUT2D eigenvalue weighted by Gasteiger charge is -2.20. The van der Waals surface area contributed by atoms with Crippen molar-refractivity contribution in [3.8, 4) is 0 Å². The van der Waals surface area contributed by atoms with Gasteiger partial charge in [0.2, 0.25) is 15.9 Å². The molecule has 0 aliphatic rings. The molecule has 0 aromatic heterocycles. The Labute approximate surface area is 165 Å². The van der Waals surface area contributed by atoms with Crippen LogP contribution in [-0.4, -0.2) is 46.3 Å². The topological polar surface area (TPSA) is 69.7 Å². The van der Waals surface area contributed by atoms with E-state index in [4.69, 9.17) is 11.6 Å². The number of hydrogen-bond acceptors (Lipinski definition) is 4. The SMILES string of the molecule is Cc1ccc(S(=O)(=O)N(C)CC(=O)Nc2cc(Cl)ccc2N(C)C)cc1C. The average Bonchev–Trinajstić information content (AvgIpc) is 2.56. The number of amides is 1. The summed E-state index contributed by atoms with van der Waals surface area (Å²) in [6.07, 6.45) is 0. The van der Waals surface area contributed by atoms with Crippen LogP contribution < -0.4 is 10.2 Å². The van der Waals surface area contributed by atoms with Gasteiger partial charge in [-0.3, -0.25) is 4.79 Å². The van der Waals surface area contributed by atoms with Crippen molar-refractivity contribution >= 4 is 38.9 Å². The highest BCUT2D eigenvalue weighted by molar-refractivity contribution is 7.89. The van der Waals surface area contributed by atoms with E-state index in [0.29, 0.717) is 10.7 Å². The van der Waals surface area contributed by atoms with Gasteiger partial charge in [-0.2, -0.15) is 4.31 Å². The molecule has 8 heteroatoms. The Bertz CT molecular complexity index is 959. The second-order valence-electron chi connectivity index (χ2n) is 6.61. The number of nitrogens with zero attached hydrogens (tertiary/aromatic N) is 2. The Kier molecular flexibility index (Phi) is 6.51. The third kappa shape index (κ3) is 5.00. The Balaban J connectivity index is 2.18. The number of rotatable bonds is 6. The molecule has 1 amide bonds. The molecule has 2 rings (SSSR count). The highest BCUT2D eigenvalue weighted by Crippen LogP contribution is 2.28. The summed E-state index contributed by atoms with van der Waals surface area (Å²) < 4.78 is 26.5. The first-order valence-electron chi connectivity index (χ1n) is 8.32. The van der Waals surface area contributed by atoms with Crippen LogP contribution in [0.15, 0.2) is 41.3 Å². The quantitative estimate of drug-likeness (QED) is 0.794. The van der Waals surface area contributed by atoms with E-state index in [9.17, 15) is 13.2 Å². The molecule has 0 spiro atoms. The number of aryl methyl sites for hydroxylation is 2. The van der Waals surface area contributed by atoms with Crippen LogP contribution in [-0.2, 0) is 14.8 Å². The molecule has 0 saturated carbocycles. The summed E-state index contributed by atoms with van der Waals surface area (Å²) in [5.74, 6) is -0.449. The van der Waals surface area contributed by atoms with E-state index in [0.717, 1.165) is 21.1 Å². The van der Waals surface area contributed by atoms with Crippen molar-refractivity contribution in [2.75, 3.05) is 37.9 Å². The van der Waals surface area contributed by atoms with Crippen LogP contribution in [0.2, 0.25) is 5.02 Å². The zero-order chi connectivity index (χ0) is 20.4. The minimum atomic E-state index is -3.76. The molecule has 0 aliphatic heterocycles. The van der Waals surface area contributed by atoms with Crippen molar-refractivity contribution in [2.45, 2.75) is 18.7 Å². The molecule has 1 N–H and O–H groups in total. The number of benzene rings is 2. The molecule has 0 heterocycles. The highest BCUT2D eigenvalue weighted by atomic mass is 35.5. The maximum atomic E-state index is 12.7. The lowest BCUT2D eigenvalue weighted by atomic mass is 10.1. The molecule has 0 bridgehead atoms. The van der Waals surface area contributed by atoms with E-state index >= 15 is 0 Å². The van der Waals surface area contributed by atoms with Crippen LogP contribution in [0, 0.1) is 13.8 Å². The third-order valence-electron chi connectivity index (χ3n) is 4.27. The molecule has 0 aliphatic carbocycles. The van der Waals surface area contributed by atoms with Gasteiger partial charge in [-0.05, 0) is 55.3 Å². The van der Waals surface area contributed by atoms with Crippen molar-refractivity contribution < 1.29 is 13.2 Å². The molecule has 0 radical (unpaired) electrons. The van der Waals surface area contributed by atoms with Gasteiger partial charge < -0.3 is 10.2 Å². The second-order valence-corrected chi connectivity index (χ2v) is 9.09. The van der Waals surface area contributed by atoms with Gasteiger partial charge in [0.1, 0.15) is 0 Å². The van der Waals surface area contributed by atoms with Crippen molar-refractivity contribution in [1.29, 1.82) is 0 Å². The molecule has 0 atom stereocenters. The monoisotopic (exact) mass is 409 g/mol. The number of carbonyl (C=O) groups excluding carboxylic acids is 1. The van der Waals surface area contributed by atoms with E-state index in [1.165, 1.54) is 7.05 Å². The van der Waals surface area contributed by atoms with E-state index in [2.05, 4.69) is 5.32 Å². The van der Waals surface area contributed by atoms with Gasteiger partial charge in [-0.25, -0.2) is 8.42 Å². The summed E-state index contributed by atoms with van der Waals surface area (Å²) in [4.78, 5) is 14.4. The van der Waals surface area contributed by atoms with Crippen molar-refractivity contribution in [3.05, 3.63) is 52.5 Å². The molecule has 6 nitrogen and oxygen atoms in total. The zero-order valence-electron chi connectivity index (χ0n) is 16.1. The van der Waals surface area contributed by atoms with E-state index in [1.807, 2.05) is 32.8 Å². The fourth-order valence-electron chi connectivity index (χ4n) is 2.53. The maximum absolute atomic E-state index is 12.7. The van der Waals surface area contributed by atoms with Gasteiger partial charge >= 0.3 is 0 Å². The number of carbonyl (C=O) groups is 1.